The summed E-state index contributed by atoms with van der Waals surface area (Å²) in [7, 11) is 0. The molecule has 0 heterocycles. The van der Waals surface area contributed by atoms with E-state index in [0.717, 1.165) is 25.7 Å². The Morgan fingerprint density at radius 1 is 1.38 bits per heavy atom. The van der Waals surface area contributed by atoms with Crippen molar-refractivity contribution in [3.8, 4) is 0 Å². The normalized spacial score (nSPS) is 23.8. The van der Waals surface area contributed by atoms with E-state index >= 15 is 0 Å². The molecule has 0 bridgehead atoms. The molecule has 1 saturated carbocycles. The lowest BCUT2D eigenvalue weighted by atomic mass is 9.79. The number of carboxylic acids is 1. The van der Waals surface area contributed by atoms with Gasteiger partial charge in [-0.3, -0.25) is 4.79 Å². The first-order valence-electron chi connectivity index (χ1n) is 4.99. The van der Waals surface area contributed by atoms with Gasteiger partial charge in [-0.1, -0.05) is 26.2 Å². The highest BCUT2D eigenvalue weighted by Gasteiger charge is 2.32. The van der Waals surface area contributed by atoms with Gasteiger partial charge < -0.3 is 10.2 Å². The molecule has 0 spiro atoms. The van der Waals surface area contributed by atoms with Crippen LogP contribution in [0.25, 0.3) is 0 Å². The van der Waals surface area contributed by atoms with Crippen molar-refractivity contribution in [2.24, 2.45) is 5.92 Å². The van der Waals surface area contributed by atoms with Crippen LogP contribution in [0.3, 0.4) is 0 Å². The maximum Gasteiger partial charge on any atom is 0.306 e. The number of rotatable bonds is 3. The molecule has 2 N–H and O–H groups in total. The second-order valence-electron chi connectivity index (χ2n) is 4.23. The molecule has 0 saturated heterocycles. The molecule has 0 aromatic carbocycles. The predicted octanol–water partition coefficient (Wildman–Crippen LogP) is 1.79. The van der Waals surface area contributed by atoms with E-state index in [0.29, 0.717) is 6.42 Å². The molecule has 3 heteroatoms. The Morgan fingerprint density at radius 3 is 2.38 bits per heavy atom. The van der Waals surface area contributed by atoms with Crippen molar-refractivity contribution < 1.29 is 15.0 Å². The number of hydrogen-bond acceptors (Lipinski definition) is 2. The molecular weight excluding hydrogens is 168 g/mol. The zero-order valence-corrected chi connectivity index (χ0v) is 8.12. The summed E-state index contributed by atoms with van der Waals surface area (Å²) in [5, 5.41) is 18.7. The third kappa shape index (κ3) is 2.99. The van der Waals surface area contributed by atoms with Gasteiger partial charge in [-0.15, -0.1) is 0 Å². The zero-order chi connectivity index (χ0) is 9.90. The van der Waals surface area contributed by atoms with Gasteiger partial charge in [0.25, 0.3) is 0 Å². The van der Waals surface area contributed by atoms with Crippen LogP contribution in [0, 0.1) is 5.92 Å². The molecule has 0 radical (unpaired) electrons. The molecule has 1 rings (SSSR count). The highest BCUT2D eigenvalue weighted by molar-refractivity contribution is 5.69. The predicted molar refractivity (Wildman–Crippen MR) is 49.5 cm³/mol. The van der Waals surface area contributed by atoms with Crippen LogP contribution < -0.4 is 0 Å². The van der Waals surface area contributed by atoms with E-state index in [9.17, 15) is 9.90 Å². The minimum absolute atomic E-state index is 0.405. The molecule has 0 aromatic heterocycles. The minimum atomic E-state index is -0.806. The lowest BCUT2D eigenvalue weighted by molar-refractivity contribution is -0.144. The van der Waals surface area contributed by atoms with E-state index in [4.69, 9.17) is 5.11 Å². The van der Waals surface area contributed by atoms with Crippen LogP contribution >= 0.6 is 0 Å². The number of aliphatic carboxylic acids is 1. The van der Waals surface area contributed by atoms with Crippen molar-refractivity contribution in [3.05, 3.63) is 0 Å². The van der Waals surface area contributed by atoms with Gasteiger partial charge in [0.1, 0.15) is 0 Å². The Hall–Kier alpha value is -0.570. The van der Waals surface area contributed by atoms with E-state index in [-0.39, 0.29) is 0 Å². The van der Waals surface area contributed by atoms with Gasteiger partial charge in [0, 0.05) is 0 Å². The van der Waals surface area contributed by atoms with Gasteiger partial charge in [-0.2, -0.15) is 0 Å². The van der Waals surface area contributed by atoms with Gasteiger partial charge in [-0.05, 0) is 19.3 Å². The molecule has 1 unspecified atom stereocenters. The first-order chi connectivity index (χ1) is 6.03. The monoisotopic (exact) mass is 186 g/mol. The molecule has 0 amide bonds. The molecular formula is C10H18O3. The summed E-state index contributed by atoms with van der Waals surface area (Å²) in [5.41, 5.74) is -0.698. The highest BCUT2D eigenvalue weighted by atomic mass is 16.4. The maximum absolute atomic E-state index is 10.6. The Morgan fingerprint density at radius 2 is 1.92 bits per heavy atom. The molecule has 1 atom stereocenters. The number of carboxylic acid groups (broad SMARTS) is 1. The highest BCUT2D eigenvalue weighted by Crippen LogP contribution is 2.33. The van der Waals surface area contributed by atoms with E-state index in [2.05, 4.69) is 0 Å². The van der Waals surface area contributed by atoms with Crippen molar-refractivity contribution in [1.82, 2.24) is 0 Å². The number of carbonyl (C=O) groups is 1. The van der Waals surface area contributed by atoms with Crippen molar-refractivity contribution >= 4 is 5.97 Å². The average molecular weight is 186 g/mol. The smallest absolute Gasteiger partial charge is 0.306 e. The van der Waals surface area contributed by atoms with Crippen LogP contribution in [0.1, 0.15) is 45.4 Å². The van der Waals surface area contributed by atoms with Gasteiger partial charge in [-0.25, -0.2) is 0 Å². The molecule has 76 valence electrons. The van der Waals surface area contributed by atoms with Crippen molar-refractivity contribution in [1.29, 1.82) is 0 Å². The summed E-state index contributed by atoms with van der Waals surface area (Å²) in [6.45, 7) is 1.66. The maximum atomic E-state index is 10.6. The zero-order valence-electron chi connectivity index (χ0n) is 8.12. The first kappa shape index (κ1) is 10.5. The lowest BCUT2D eigenvalue weighted by Gasteiger charge is -2.33. The third-order valence-electron chi connectivity index (χ3n) is 2.89. The average Bonchev–Trinajstić information content (AvgIpc) is 2.04. The largest absolute Gasteiger partial charge is 0.481 e. The van der Waals surface area contributed by atoms with E-state index < -0.39 is 17.5 Å². The SMILES string of the molecule is CC(CC1(O)CCCCC1)C(=O)O. The van der Waals surface area contributed by atoms with Crippen LogP contribution in [0.2, 0.25) is 0 Å². The van der Waals surface area contributed by atoms with Crippen LogP contribution in [0.15, 0.2) is 0 Å². The first-order valence-corrected chi connectivity index (χ1v) is 4.99. The fourth-order valence-corrected chi connectivity index (χ4v) is 2.07. The fourth-order valence-electron chi connectivity index (χ4n) is 2.07. The molecule has 1 aliphatic rings. The summed E-state index contributed by atoms with van der Waals surface area (Å²) in [5.74, 6) is -1.23. The second-order valence-corrected chi connectivity index (χ2v) is 4.23. The van der Waals surface area contributed by atoms with Crippen LogP contribution in [-0.4, -0.2) is 21.8 Å². The van der Waals surface area contributed by atoms with E-state index in [1.54, 1.807) is 6.92 Å². The van der Waals surface area contributed by atoms with Gasteiger partial charge >= 0.3 is 5.97 Å². The number of hydrogen-bond donors (Lipinski definition) is 2. The summed E-state index contributed by atoms with van der Waals surface area (Å²) in [6.07, 6.45) is 5.17. The minimum Gasteiger partial charge on any atom is -0.481 e. The van der Waals surface area contributed by atoms with Crippen molar-refractivity contribution in [2.75, 3.05) is 0 Å². The Bertz CT molecular complexity index is 183. The molecule has 0 aliphatic heterocycles. The van der Waals surface area contributed by atoms with E-state index in [1.165, 1.54) is 6.42 Å². The van der Waals surface area contributed by atoms with E-state index in [1.807, 2.05) is 0 Å². The second kappa shape index (κ2) is 4.09. The van der Waals surface area contributed by atoms with Gasteiger partial charge in [0.05, 0.1) is 11.5 Å². The summed E-state index contributed by atoms with van der Waals surface area (Å²) >= 11 is 0. The Labute approximate surface area is 78.8 Å². The van der Waals surface area contributed by atoms with Crippen molar-refractivity contribution in [3.63, 3.8) is 0 Å². The summed E-state index contributed by atoms with van der Waals surface area (Å²) in [6, 6.07) is 0. The standard InChI is InChI=1S/C10H18O3/c1-8(9(11)12)7-10(13)5-3-2-4-6-10/h8,13H,2-7H2,1H3,(H,11,12). The topological polar surface area (TPSA) is 57.5 Å². The van der Waals surface area contributed by atoms with Gasteiger partial charge in [0.2, 0.25) is 0 Å². The quantitative estimate of drug-likeness (QED) is 0.706. The number of aliphatic hydroxyl groups is 1. The van der Waals surface area contributed by atoms with Crippen LogP contribution in [0.4, 0.5) is 0 Å². The van der Waals surface area contributed by atoms with Crippen molar-refractivity contribution in [2.45, 2.75) is 51.0 Å². The summed E-state index contributed by atoms with van der Waals surface area (Å²) in [4.78, 5) is 10.6. The lowest BCUT2D eigenvalue weighted by Crippen LogP contribution is -2.35. The van der Waals surface area contributed by atoms with Crippen LogP contribution in [0.5, 0.6) is 0 Å². The van der Waals surface area contributed by atoms with Crippen LogP contribution in [-0.2, 0) is 4.79 Å². The Kier molecular flexibility index (Phi) is 3.31. The van der Waals surface area contributed by atoms with Gasteiger partial charge in [0.15, 0.2) is 0 Å². The third-order valence-corrected chi connectivity index (χ3v) is 2.89. The molecule has 13 heavy (non-hydrogen) atoms. The molecule has 0 aromatic rings. The molecule has 1 fully saturated rings. The summed E-state index contributed by atoms with van der Waals surface area (Å²) < 4.78 is 0. The Balaban J connectivity index is 2.45. The molecule has 3 nitrogen and oxygen atoms in total. The fraction of sp³-hybridized carbons (Fsp3) is 0.900. The molecule has 1 aliphatic carbocycles.